The van der Waals surface area contributed by atoms with Gasteiger partial charge in [0.25, 0.3) is 5.91 Å². The molecule has 1 N–H and O–H groups in total. The summed E-state index contributed by atoms with van der Waals surface area (Å²) < 4.78 is 16.7. The van der Waals surface area contributed by atoms with Crippen molar-refractivity contribution in [1.29, 1.82) is 0 Å². The van der Waals surface area contributed by atoms with Gasteiger partial charge in [0.05, 0.1) is 31.8 Å². The van der Waals surface area contributed by atoms with E-state index in [0.717, 1.165) is 38.3 Å². The smallest absolute Gasteiger partial charge is 0.286 e. The lowest BCUT2D eigenvalue weighted by atomic mass is 10.0. The van der Waals surface area contributed by atoms with Gasteiger partial charge in [-0.15, -0.1) is 0 Å². The Morgan fingerprint density at radius 3 is 2.88 bits per heavy atom. The van der Waals surface area contributed by atoms with Crippen molar-refractivity contribution in [1.82, 2.24) is 10.2 Å². The van der Waals surface area contributed by atoms with Crippen LogP contribution in [0, 0.1) is 5.92 Å². The van der Waals surface area contributed by atoms with Crippen LogP contribution in [0.1, 0.15) is 29.2 Å². The third kappa shape index (κ3) is 3.12. The monoisotopic (exact) mass is 330 g/mol. The zero-order valence-electron chi connectivity index (χ0n) is 13.5. The van der Waals surface area contributed by atoms with Gasteiger partial charge in [-0.2, -0.15) is 0 Å². The normalized spacial score (nSPS) is 27.1. The van der Waals surface area contributed by atoms with Crippen LogP contribution in [0.15, 0.2) is 45.6 Å². The Bertz CT molecular complexity index is 653. The van der Waals surface area contributed by atoms with Crippen molar-refractivity contribution in [3.05, 3.63) is 48.3 Å². The number of ether oxygens (including phenoxy) is 1. The van der Waals surface area contributed by atoms with Crippen LogP contribution in [0.25, 0.3) is 0 Å². The molecule has 128 valence electrons. The van der Waals surface area contributed by atoms with E-state index >= 15 is 0 Å². The molecule has 1 amide bonds. The third-order valence-corrected chi connectivity index (χ3v) is 5.04. The van der Waals surface area contributed by atoms with Gasteiger partial charge in [0.1, 0.15) is 5.76 Å². The van der Waals surface area contributed by atoms with Gasteiger partial charge in [0.15, 0.2) is 5.76 Å². The highest BCUT2D eigenvalue weighted by Gasteiger charge is 2.42. The SMILES string of the molecule is O=C(NC[C@@H]1CC[C@@H]2[C@H]1OCCN2Cc1ccco1)c1ccco1. The summed E-state index contributed by atoms with van der Waals surface area (Å²) >= 11 is 0. The van der Waals surface area contributed by atoms with E-state index in [2.05, 4.69) is 10.2 Å². The molecule has 3 heterocycles. The fourth-order valence-corrected chi connectivity index (χ4v) is 3.87. The van der Waals surface area contributed by atoms with E-state index in [1.807, 2.05) is 12.1 Å². The molecule has 6 heteroatoms. The third-order valence-electron chi connectivity index (χ3n) is 5.04. The molecule has 2 aliphatic rings. The molecule has 1 aliphatic heterocycles. The number of carbonyl (C=O) groups is 1. The molecule has 0 bridgehead atoms. The fourth-order valence-electron chi connectivity index (χ4n) is 3.87. The number of carbonyl (C=O) groups excluding carboxylic acids is 1. The molecule has 2 aromatic heterocycles. The maximum absolute atomic E-state index is 12.0. The Kier molecular flexibility index (Phi) is 4.40. The number of rotatable bonds is 5. The standard InChI is InChI=1S/C18H22N2O4/c21-18(16-4-2-9-23-16)19-11-13-5-6-15-17(13)24-10-7-20(15)12-14-3-1-8-22-14/h1-4,8-9,13,15,17H,5-7,10-12H2,(H,19,21)/t13-,15+,17-/m0/s1. The topological polar surface area (TPSA) is 67.8 Å². The van der Waals surface area contributed by atoms with Crippen LogP contribution in [0.3, 0.4) is 0 Å². The van der Waals surface area contributed by atoms with E-state index in [1.54, 1.807) is 18.4 Å². The molecule has 2 fully saturated rings. The van der Waals surface area contributed by atoms with Gasteiger partial charge in [0, 0.05) is 25.0 Å². The lowest BCUT2D eigenvalue weighted by molar-refractivity contribution is -0.0773. The highest BCUT2D eigenvalue weighted by atomic mass is 16.5. The average Bonchev–Trinajstić information content (AvgIpc) is 3.34. The Labute approximate surface area is 140 Å². The summed E-state index contributed by atoms with van der Waals surface area (Å²) in [5, 5.41) is 2.97. The predicted molar refractivity (Wildman–Crippen MR) is 86.4 cm³/mol. The number of furan rings is 2. The maximum Gasteiger partial charge on any atom is 0.286 e. The molecule has 1 saturated carbocycles. The van der Waals surface area contributed by atoms with Crippen molar-refractivity contribution in [3.8, 4) is 0 Å². The molecule has 0 radical (unpaired) electrons. The molecule has 4 rings (SSSR count). The first-order chi connectivity index (χ1) is 11.8. The second-order valence-electron chi connectivity index (χ2n) is 6.48. The minimum absolute atomic E-state index is 0.160. The van der Waals surface area contributed by atoms with E-state index in [4.69, 9.17) is 13.6 Å². The largest absolute Gasteiger partial charge is 0.468 e. The minimum Gasteiger partial charge on any atom is -0.468 e. The highest BCUT2D eigenvalue weighted by molar-refractivity contribution is 5.91. The Balaban J connectivity index is 1.35. The van der Waals surface area contributed by atoms with Gasteiger partial charge < -0.3 is 18.9 Å². The van der Waals surface area contributed by atoms with E-state index in [-0.39, 0.29) is 12.0 Å². The van der Waals surface area contributed by atoms with Crippen molar-refractivity contribution >= 4 is 5.91 Å². The number of morpholine rings is 1. The van der Waals surface area contributed by atoms with Gasteiger partial charge >= 0.3 is 0 Å². The number of nitrogens with one attached hydrogen (secondary N) is 1. The van der Waals surface area contributed by atoms with Crippen LogP contribution >= 0.6 is 0 Å². The van der Waals surface area contributed by atoms with E-state index in [0.29, 0.717) is 24.3 Å². The Morgan fingerprint density at radius 1 is 1.21 bits per heavy atom. The Hall–Kier alpha value is -2.05. The average molecular weight is 330 g/mol. The van der Waals surface area contributed by atoms with Crippen molar-refractivity contribution in [2.75, 3.05) is 19.7 Å². The van der Waals surface area contributed by atoms with Gasteiger partial charge in [-0.1, -0.05) is 0 Å². The van der Waals surface area contributed by atoms with Gasteiger partial charge in [-0.3, -0.25) is 9.69 Å². The number of hydrogen-bond acceptors (Lipinski definition) is 5. The van der Waals surface area contributed by atoms with Crippen LogP contribution in [0.5, 0.6) is 0 Å². The second-order valence-corrected chi connectivity index (χ2v) is 6.48. The number of fused-ring (bicyclic) bond motifs is 1. The van der Waals surface area contributed by atoms with Gasteiger partial charge in [-0.25, -0.2) is 0 Å². The summed E-state index contributed by atoms with van der Waals surface area (Å²) in [5.74, 6) is 1.53. The lowest BCUT2D eigenvalue weighted by Crippen LogP contribution is -2.50. The molecule has 1 aliphatic carbocycles. The summed E-state index contributed by atoms with van der Waals surface area (Å²) in [6.07, 6.45) is 5.55. The predicted octanol–water partition coefficient (Wildman–Crippen LogP) is 2.28. The summed E-state index contributed by atoms with van der Waals surface area (Å²) in [6.45, 7) is 3.09. The molecular weight excluding hydrogens is 308 g/mol. The fraction of sp³-hybridized carbons (Fsp3) is 0.500. The van der Waals surface area contributed by atoms with Crippen LogP contribution < -0.4 is 5.32 Å². The quantitative estimate of drug-likeness (QED) is 0.911. The lowest BCUT2D eigenvalue weighted by Gasteiger charge is -2.38. The van der Waals surface area contributed by atoms with E-state index in [9.17, 15) is 4.79 Å². The van der Waals surface area contributed by atoms with Crippen LogP contribution in [-0.4, -0.2) is 42.6 Å². The Morgan fingerprint density at radius 2 is 2.08 bits per heavy atom. The number of amides is 1. The molecule has 24 heavy (non-hydrogen) atoms. The first-order valence-corrected chi connectivity index (χ1v) is 8.51. The molecule has 0 unspecified atom stereocenters. The molecular formula is C18H22N2O4. The van der Waals surface area contributed by atoms with E-state index < -0.39 is 0 Å². The molecule has 1 saturated heterocycles. The van der Waals surface area contributed by atoms with Crippen LogP contribution in [0.2, 0.25) is 0 Å². The first-order valence-electron chi connectivity index (χ1n) is 8.51. The molecule has 0 aromatic carbocycles. The van der Waals surface area contributed by atoms with Gasteiger partial charge in [0.2, 0.25) is 0 Å². The molecule has 3 atom stereocenters. The summed E-state index contributed by atoms with van der Waals surface area (Å²) in [5.41, 5.74) is 0. The highest BCUT2D eigenvalue weighted by Crippen LogP contribution is 2.35. The molecule has 0 spiro atoms. The zero-order valence-corrected chi connectivity index (χ0v) is 13.5. The minimum atomic E-state index is -0.160. The van der Waals surface area contributed by atoms with Crippen LogP contribution in [-0.2, 0) is 11.3 Å². The first kappa shape index (κ1) is 15.5. The number of nitrogens with zero attached hydrogens (tertiary/aromatic N) is 1. The summed E-state index contributed by atoms with van der Waals surface area (Å²) in [4.78, 5) is 14.5. The second kappa shape index (κ2) is 6.83. The van der Waals surface area contributed by atoms with Crippen molar-refractivity contribution in [2.24, 2.45) is 5.92 Å². The molecule has 6 nitrogen and oxygen atoms in total. The maximum atomic E-state index is 12.0. The summed E-state index contributed by atoms with van der Waals surface area (Å²) in [6, 6.07) is 7.73. The molecule has 2 aromatic rings. The van der Waals surface area contributed by atoms with Gasteiger partial charge in [-0.05, 0) is 37.1 Å². The van der Waals surface area contributed by atoms with Crippen molar-refractivity contribution < 1.29 is 18.4 Å². The zero-order chi connectivity index (χ0) is 16.4. The van der Waals surface area contributed by atoms with Crippen LogP contribution in [0.4, 0.5) is 0 Å². The van der Waals surface area contributed by atoms with E-state index in [1.165, 1.54) is 6.26 Å². The summed E-state index contributed by atoms with van der Waals surface area (Å²) in [7, 11) is 0. The van der Waals surface area contributed by atoms with Crippen molar-refractivity contribution in [3.63, 3.8) is 0 Å². The number of hydrogen-bond donors (Lipinski definition) is 1. The van der Waals surface area contributed by atoms with Crippen molar-refractivity contribution in [2.45, 2.75) is 31.5 Å².